The predicted octanol–water partition coefficient (Wildman–Crippen LogP) is 1.35. The summed E-state index contributed by atoms with van der Waals surface area (Å²) >= 11 is 0. The Labute approximate surface area is 138 Å². The number of piperidine rings is 1. The van der Waals surface area contributed by atoms with Gasteiger partial charge in [-0.05, 0) is 35.4 Å². The summed E-state index contributed by atoms with van der Waals surface area (Å²) in [4.78, 5) is 22.3. The molecule has 1 saturated heterocycles. The monoisotopic (exact) mass is 325 g/mol. The van der Waals surface area contributed by atoms with E-state index in [-0.39, 0.29) is 5.91 Å². The zero-order chi connectivity index (χ0) is 16.4. The number of aromatic amines is 1. The number of aromatic nitrogens is 6. The molecule has 8 nitrogen and oxygen atoms in total. The Morgan fingerprint density at radius 1 is 1.25 bits per heavy atom. The van der Waals surface area contributed by atoms with Crippen LogP contribution in [0.5, 0.6) is 0 Å². The summed E-state index contributed by atoms with van der Waals surface area (Å²) < 4.78 is 1.58. The van der Waals surface area contributed by atoms with Crippen molar-refractivity contribution in [2.75, 3.05) is 13.1 Å². The molecule has 3 aromatic rings. The highest BCUT2D eigenvalue weighted by Crippen LogP contribution is 2.27. The lowest BCUT2D eigenvalue weighted by molar-refractivity contribution is -0.132. The molecule has 3 heterocycles. The zero-order valence-corrected chi connectivity index (χ0v) is 13.3. The van der Waals surface area contributed by atoms with E-state index < -0.39 is 0 Å². The first-order chi connectivity index (χ1) is 11.8. The van der Waals surface area contributed by atoms with Gasteiger partial charge >= 0.3 is 0 Å². The fourth-order valence-corrected chi connectivity index (χ4v) is 3.22. The lowest BCUT2D eigenvalue weighted by Gasteiger charge is -2.31. The van der Waals surface area contributed by atoms with Crippen LogP contribution in [0.1, 0.15) is 31.0 Å². The molecule has 0 aliphatic carbocycles. The Kier molecular flexibility index (Phi) is 3.94. The molecule has 0 unspecified atom stereocenters. The van der Waals surface area contributed by atoms with Crippen LogP contribution in [0, 0.1) is 0 Å². The number of carbonyl (C=O) groups is 1. The van der Waals surface area contributed by atoms with Crippen molar-refractivity contribution >= 4 is 16.9 Å². The van der Waals surface area contributed by atoms with Gasteiger partial charge < -0.3 is 9.88 Å². The van der Waals surface area contributed by atoms with Crippen molar-refractivity contribution in [2.45, 2.75) is 31.7 Å². The number of rotatable bonds is 4. The zero-order valence-electron chi connectivity index (χ0n) is 13.3. The molecule has 1 amide bonds. The number of H-pyrrole nitrogens is 1. The van der Waals surface area contributed by atoms with Gasteiger partial charge in [-0.25, -0.2) is 9.67 Å². The number of nitrogens with one attached hydrogen (secondary N) is 1. The number of imidazole rings is 1. The molecule has 1 aliphatic heterocycles. The van der Waals surface area contributed by atoms with Gasteiger partial charge in [0.2, 0.25) is 5.91 Å². The third kappa shape index (κ3) is 2.99. The lowest BCUT2D eigenvalue weighted by atomic mass is 9.96. The minimum atomic E-state index is 0.161. The summed E-state index contributed by atoms with van der Waals surface area (Å²) in [7, 11) is 0. The molecule has 8 heteroatoms. The highest BCUT2D eigenvalue weighted by atomic mass is 16.2. The van der Waals surface area contributed by atoms with Gasteiger partial charge in [0.25, 0.3) is 0 Å². The standard InChI is InChI=1S/C16H19N7O/c24-15(7-10-23-11-17-20-21-23)22-8-5-12(6-9-22)16-18-13-3-1-2-4-14(13)19-16/h1-4,11-12H,5-10H2,(H,18,19). The van der Waals surface area contributed by atoms with E-state index in [1.54, 1.807) is 4.68 Å². The van der Waals surface area contributed by atoms with Gasteiger partial charge in [0.15, 0.2) is 0 Å². The van der Waals surface area contributed by atoms with Crippen molar-refractivity contribution < 1.29 is 4.79 Å². The summed E-state index contributed by atoms with van der Waals surface area (Å²) in [6.07, 6.45) is 3.84. The highest BCUT2D eigenvalue weighted by molar-refractivity contribution is 5.76. The molecule has 2 aromatic heterocycles. The largest absolute Gasteiger partial charge is 0.343 e. The number of likely N-dealkylation sites (tertiary alicyclic amines) is 1. The van der Waals surface area contributed by atoms with Crippen LogP contribution in [-0.2, 0) is 11.3 Å². The second-order valence-corrected chi connectivity index (χ2v) is 6.12. The molecule has 0 bridgehead atoms. The number of tetrazole rings is 1. The fraction of sp³-hybridized carbons (Fsp3) is 0.438. The summed E-state index contributed by atoms with van der Waals surface area (Å²) in [6, 6.07) is 8.07. The first-order valence-corrected chi connectivity index (χ1v) is 8.23. The van der Waals surface area contributed by atoms with Crippen molar-refractivity contribution in [1.29, 1.82) is 0 Å². The van der Waals surface area contributed by atoms with Crippen molar-refractivity contribution in [1.82, 2.24) is 35.1 Å². The molecule has 1 aliphatic rings. The third-order valence-corrected chi connectivity index (χ3v) is 4.59. The summed E-state index contributed by atoms with van der Waals surface area (Å²) in [5, 5.41) is 10.9. The maximum atomic E-state index is 12.3. The maximum Gasteiger partial charge on any atom is 0.224 e. The van der Waals surface area contributed by atoms with E-state index in [0.29, 0.717) is 18.9 Å². The van der Waals surface area contributed by atoms with Gasteiger partial charge in [0, 0.05) is 25.4 Å². The quantitative estimate of drug-likeness (QED) is 0.781. The Bertz CT molecular complexity index is 785. The molecule has 1 fully saturated rings. The van der Waals surface area contributed by atoms with E-state index in [2.05, 4.69) is 20.5 Å². The van der Waals surface area contributed by atoms with Gasteiger partial charge in [-0.15, -0.1) is 5.10 Å². The normalized spacial score (nSPS) is 15.9. The molecule has 24 heavy (non-hydrogen) atoms. The minimum absolute atomic E-state index is 0.161. The number of aryl methyl sites for hydroxylation is 1. The molecule has 0 saturated carbocycles. The van der Waals surface area contributed by atoms with Crippen molar-refractivity contribution in [3.8, 4) is 0 Å². The molecule has 0 radical (unpaired) electrons. The molecular formula is C16H19N7O. The fourth-order valence-electron chi connectivity index (χ4n) is 3.22. The van der Waals surface area contributed by atoms with E-state index in [0.717, 1.165) is 42.8 Å². The van der Waals surface area contributed by atoms with Crippen molar-refractivity contribution in [2.24, 2.45) is 0 Å². The number of nitrogens with zero attached hydrogens (tertiary/aromatic N) is 6. The minimum Gasteiger partial charge on any atom is -0.343 e. The van der Waals surface area contributed by atoms with Gasteiger partial charge in [-0.1, -0.05) is 12.1 Å². The lowest BCUT2D eigenvalue weighted by Crippen LogP contribution is -2.38. The number of carbonyl (C=O) groups excluding carboxylic acids is 1. The van der Waals surface area contributed by atoms with E-state index in [4.69, 9.17) is 4.98 Å². The van der Waals surface area contributed by atoms with Crippen LogP contribution < -0.4 is 0 Å². The van der Waals surface area contributed by atoms with E-state index in [9.17, 15) is 4.79 Å². The smallest absolute Gasteiger partial charge is 0.224 e. The van der Waals surface area contributed by atoms with Crippen molar-refractivity contribution in [3.05, 3.63) is 36.4 Å². The summed E-state index contributed by atoms with van der Waals surface area (Å²) in [6.45, 7) is 2.07. The predicted molar refractivity (Wildman–Crippen MR) is 87.1 cm³/mol. The average molecular weight is 325 g/mol. The van der Waals surface area contributed by atoms with Gasteiger partial charge in [-0.2, -0.15) is 0 Å². The van der Waals surface area contributed by atoms with E-state index in [1.807, 2.05) is 29.2 Å². The third-order valence-electron chi connectivity index (χ3n) is 4.59. The molecule has 4 rings (SSSR count). The summed E-state index contributed by atoms with van der Waals surface area (Å²) in [5.74, 6) is 1.59. The number of para-hydroxylation sites is 2. The Morgan fingerprint density at radius 2 is 2.08 bits per heavy atom. The number of benzene rings is 1. The van der Waals surface area contributed by atoms with Crippen LogP contribution in [0.25, 0.3) is 11.0 Å². The van der Waals surface area contributed by atoms with Gasteiger partial charge in [0.1, 0.15) is 12.2 Å². The molecule has 0 atom stereocenters. The average Bonchev–Trinajstić information content (AvgIpc) is 3.29. The molecule has 124 valence electrons. The number of hydrogen-bond acceptors (Lipinski definition) is 5. The highest BCUT2D eigenvalue weighted by Gasteiger charge is 2.25. The Hall–Kier alpha value is -2.77. The Balaban J connectivity index is 1.33. The second-order valence-electron chi connectivity index (χ2n) is 6.12. The van der Waals surface area contributed by atoms with Crippen LogP contribution in [0.3, 0.4) is 0 Å². The molecule has 1 aromatic carbocycles. The van der Waals surface area contributed by atoms with E-state index >= 15 is 0 Å². The first kappa shape index (κ1) is 14.8. The summed E-state index contributed by atoms with van der Waals surface area (Å²) in [5.41, 5.74) is 2.08. The van der Waals surface area contributed by atoms with Crippen LogP contribution in [0.15, 0.2) is 30.6 Å². The number of amides is 1. The van der Waals surface area contributed by atoms with E-state index in [1.165, 1.54) is 6.33 Å². The van der Waals surface area contributed by atoms with Crippen LogP contribution in [-0.4, -0.2) is 54.1 Å². The van der Waals surface area contributed by atoms with Crippen LogP contribution in [0.4, 0.5) is 0 Å². The first-order valence-electron chi connectivity index (χ1n) is 8.23. The molecule has 0 spiro atoms. The Morgan fingerprint density at radius 3 is 2.83 bits per heavy atom. The van der Waals surface area contributed by atoms with Crippen LogP contribution >= 0.6 is 0 Å². The topological polar surface area (TPSA) is 92.6 Å². The van der Waals surface area contributed by atoms with Crippen LogP contribution in [0.2, 0.25) is 0 Å². The number of hydrogen-bond donors (Lipinski definition) is 1. The molecular weight excluding hydrogens is 306 g/mol. The SMILES string of the molecule is O=C(CCn1cnnn1)N1CCC(c2nc3ccccc3[nH]2)CC1. The second kappa shape index (κ2) is 6.38. The van der Waals surface area contributed by atoms with Crippen molar-refractivity contribution in [3.63, 3.8) is 0 Å². The maximum absolute atomic E-state index is 12.3. The van der Waals surface area contributed by atoms with Gasteiger partial charge in [-0.3, -0.25) is 4.79 Å². The molecule has 1 N–H and O–H groups in total. The van der Waals surface area contributed by atoms with Gasteiger partial charge in [0.05, 0.1) is 17.6 Å². The number of fused-ring (bicyclic) bond motifs is 1.